The standard InChI is InChI=1S/C26H31FN6O3.ClH/c1-17(2)32-15-23(33(26(32)35)21-7-3-18(27)4-8-21)22-11-12-28-25(30-22)29-19-5-9-20(10-6-19)31-13-14-36-16-24(31)34;/h3-4,7-8,11-12,15,17,19-20H,5-6,9-10,13-14,16H2,1-2H3,(H,28,29,30);1H. The van der Waals surface area contributed by atoms with E-state index in [4.69, 9.17) is 9.72 Å². The summed E-state index contributed by atoms with van der Waals surface area (Å²) in [4.78, 5) is 36.5. The molecule has 9 nitrogen and oxygen atoms in total. The normalized spacial score (nSPS) is 20.1. The molecule has 1 N–H and O–H groups in total. The van der Waals surface area contributed by atoms with Crippen LogP contribution < -0.4 is 11.0 Å². The van der Waals surface area contributed by atoms with Gasteiger partial charge in [-0.3, -0.25) is 13.9 Å². The van der Waals surface area contributed by atoms with Crippen molar-refractivity contribution in [3.05, 3.63) is 59.0 Å². The lowest BCUT2D eigenvalue weighted by Crippen LogP contribution is -2.49. The van der Waals surface area contributed by atoms with Crippen LogP contribution in [0.25, 0.3) is 17.1 Å². The third kappa shape index (κ3) is 5.70. The fraction of sp³-hybridized carbons (Fsp3) is 0.462. The summed E-state index contributed by atoms with van der Waals surface area (Å²) in [5, 5.41) is 3.44. The van der Waals surface area contributed by atoms with Crippen LogP contribution >= 0.6 is 12.4 Å². The van der Waals surface area contributed by atoms with Gasteiger partial charge in [-0.1, -0.05) is 0 Å². The van der Waals surface area contributed by atoms with E-state index in [2.05, 4.69) is 10.3 Å². The molecule has 5 rings (SSSR count). The van der Waals surface area contributed by atoms with E-state index in [0.29, 0.717) is 36.2 Å². The van der Waals surface area contributed by atoms with Crippen molar-refractivity contribution >= 4 is 24.3 Å². The summed E-state index contributed by atoms with van der Waals surface area (Å²) in [6.07, 6.45) is 7.12. The average molecular weight is 531 g/mol. The third-order valence-electron chi connectivity index (χ3n) is 6.97. The Morgan fingerprint density at radius 1 is 1.08 bits per heavy atom. The van der Waals surface area contributed by atoms with Gasteiger partial charge >= 0.3 is 5.69 Å². The number of carbonyl (C=O) groups is 1. The summed E-state index contributed by atoms with van der Waals surface area (Å²) < 4.78 is 22.0. The summed E-state index contributed by atoms with van der Waals surface area (Å²) in [6, 6.07) is 8.03. The lowest BCUT2D eigenvalue weighted by molar-refractivity contribution is -0.146. The van der Waals surface area contributed by atoms with Crippen molar-refractivity contribution in [2.45, 2.75) is 57.7 Å². The number of imidazole rings is 1. The number of nitrogens with one attached hydrogen (secondary N) is 1. The Morgan fingerprint density at radius 3 is 2.49 bits per heavy atom. The molecule has 0 spiro atoms. The summed E-state index contributed by atoms with van der Waals surface area (Å²) in [5.41, 5.74) is 1.57. The highest BCUT2D eigenvalue weighted by atomic mass is 35.5. The maximum Gasteiger partial charge on any atom is 0.333 e. The monoisotopic (exact) mass is 530 g/mol. The molecule has 1 amide bonds. The van der Waals surface area contributed by atoms with E-state index in [1.165, 1.54) is 12.1 Å². The van der Waals surface area contributed by atoms with Gasteiger partial charge in [0.25, 0.3) is 0 Å². The topological polar surface area (TPSA) is 94.3 Å². The fourth-order valence-corrected chi connectivity index (χ4v) is 5.06. The van der Waals surface area contributed by atoms with Gasteiger partial charge in [-0.15, -0.1) is 12.4 Å². The van der Waals surface area contributed by atoms with E-state index < -0.39 is 0 Å². The van der Waals surface area contributed by atoms with E-state index >= 15 is 0 Å². The number of hydrogen-bond donors (Lipinski definition) is 1. The number of aromatic nitrogens is 4. The summed E-state index contributed by atoms with van der Waals surface area (Å²) in [7, 11) is 0. The van der Waals surface area contributed by atoms with Gasteiger partial charge in [0.1, 0.15) is 12.4 Å². The van der Waals surface area contributed by atoms with Crippen molar-refractivity contribution in [2.24, 2.45) is 0 Å². The SMILES string of the molecule is CC(C)n1cc(-c2ccnc(NC3CCC(N4CCOCC4=O)CC3)n2)n(-c2ccc(F)cc2)c1=O.Cl. The van der Waals surface area contributed by atoms with Gasteiger partial charge in [-0.25, -0.2) is 19.2 Å². The smallest absolute Gasteiger partial charge is 0.333 e. The number of benzene rings is 1. The van der Waals surface area contributed by atoms with Crippen LogP contribution in [0.5, 0.6) is 0 Å². The molecule has 1 aromatic carbocycles. The predicted molar refractivity (Wildman–Crippen MR) is 141 cm³/mol. The zero-order chi connectivity index (χ0) is 25.2. The molecule has 0 bridgehead atoms. The van der Waals surface area contributed by atoms with Gasteiger partial charge < -0.3 is 15.0 Å². The highest BCUT2D eigenvalue weighted by Gasteiger charge is 2.30. The third-order valence-corrected chi connectivity index (χ3v) is 6.97. The second-order valence-corrected chi connectivity index (χ2v) is 9.66. The number of amides is 1. The minimum absolute atomic E-state index is 0. The number of carbonyl (C=O) groups excluding carboxylic acids is 1. The molecule has 198 valence electrons. The Balaban J connectivity index is 0.00000320. The highest BCUT2D eigenvalue weighted by Crippen LogP contribution is 2.27. The minimum atomic E-state index is -0.363. The summed E-state index contributed by atoms with van der Waals surface area (Å²) in [6.45, 7) is 5.33. The van der Waals surface area contributed by atoms with Crippen molar-refractivity contribution < 1.29 is 13.9 Å². The van der Waals surface area contributed by atoms with Gasteiger partial charge in [-0.05, 0) is 69.9 Å². The Morgan fingerprint density at radius 2 is 1.81 bits per heavy atom. The number of hydrogen-bond acceptors (Lipinski definition) is 6. The molecule has 3 heterocycles. The molecule has 11 heteroatoms. The molecular weight excluding hydrogens is 499 g/mol. The van der Waals surface area contributed by atoms with Gasteiger partial charge in [0.2, 0.25) is 11.9 Å². The van der Waals surface area contributed by atoms with Crippen molar-refractivity contribution in [1.82, 2.24) is 24.0 Å². The maximum atomic E-state index is 13.5. The van der Waals surface area contributed by atoms with Gasteiger partial charge in [-0.2, -0.15) is 0 Å². The van der Waals surface area contributed by atoms with E-state index in [9.17, 15) is 14.0 Å². The fourth-order valence-electron chi connectivity index (χ4n) is 5.06. The minimum Gasteiger partial charge on any atom is -0.370 e. The van der Waals surface area contributed by atoms with Crippen LogP contribution in [0.2, 0.25) is 0 Å². The largest absolute Gasteiger partial charge is 0.370 e. The quantitative estimate of drug-likeness (QED) is 0.520. The first-order valence-corrected chi connectivity index (χ1v) is 12.5. The second kappa shape index (κ2) is 11.4. The summed E-state index contributed by atoms with van der Waals surface area (Å²) >= 11 is 0. The molecule has 37 heavy (non-hydrogen) atoms. The number of rotatable bonds is 6. The van der Waals surface area contributed by atoms with Gasteiger partial charge in [0.15, 0.2) is 0 Å². The summed E-state index contributed by atoms with van der Waals surface area (Å²) in [5.74, 6) is 0.209. The lowest BCUT2D eigenvalue weighted by atomic mass is 9.90. The van der Waals surface area contributed by atoms with E-state index in [1.807, 2.05) is 18.7 Å². The van der Waals surface area contributed by atoms with Gasteiger partial charge in [0.05, 0.1) is 23.7 Å². The molecule has 2 aromatic heterocycles. The first kappa shape index (κ1) is 26.8. The molecule has 1 aliphatic heterocycles. The average Bonchev–Trinajstić information content (AvgIpc) is 3.23. The molecule has 1 saturated heterocycles. The molecule has 1 aliphatic carbocycles. The second-order valence-electron chi connectivity index (χ2n) is 9.66. The molecular formula is C26H32ClFN6O3. The van der Waals surface area contributed by atoms with E-state index in [0.717, 1.165) is 25.7 Å². The van der Waals surface area contributed by atoms with Crippen LogP contribution in [-0.2, 0) is 9.53 Å². The van der Waals surface area contributed by atoms with Crippen molar-refractivity contribution in [3.63, 3.8) is 0 Å². The molecule has 0 atom stereocenters. The van der Waals surface area contributed by atoms with Gasteiger partial charge in [0, 0.05) is 37.1 Å². The molecule has 3 aromatic rings. The zero-order valence-electron chi connectivity index (χ0n) is 21.0. The Bertz CT molecular complexity index is 1280. The number of ether oxygens (including phenoxy) is 1. The van der Waals surface area contributed by atoms with Crippen LogP contribution in [0, 0.1) is 5.82 Å². The number of morpholine rings is 1. The van der Waals surface area contributed by atoms with Crippen molar-refractivity contribution in [1.29, 1.82) is 0 Å². The Labute approximate surface area is 221 Å². The molecule has 0 radical (unpaired) electrons. The first-order chi connectivity index (χ1) is 17.4. The number of nitrogens with zero attached hydrogens (tertiary/aromatic N) is 5. The van der Waals surface area contributed by atoms with Crippen LogP contribution in [0.3, 0.4) is 0 Å². The van der Waals surface area contributed by atoms with Crippen molar-refractivity contribution in [2.75, 3.05) is 25.1 Å². The highest BCUT2D eigenvalue weighted by molar-refractivity contribution is 5.85. The maximum absolute atomic E-state index is 13.5. The predicted octanol–water partition coefficient (Wildman–Crippen LogP) is 3.82. The Hall–Kier alpha value is -3.24. The Kier molecular flexibility index (Phi) is 8.29. The first-order valence-electron chi connectivity index (χ1n) is 12.5. The molecule has 2 aliphatic rings. The number of halogens is 2. The molecule has 1 saturated carbocycles. The van der Waals surface area contributed by atoms with Crippen LogP contribution in [0.15, 0.2) is 47.5 Å². The van der Waals surface area contributed by atoms with Crippen LogP contribution in [-0.4, -0.2) is 61.8 Å². The van der Waals surface area contributed by atoms with E-state index in [1.54, 1.807) is 39.7 Å². The molecule has 2 fully saturated rings. The zero-order valence-corrected chi connectivity index (χ0v) is 21.8. The van der Waals surface area contributed by atoms with Crippen LogP contribution in [0.1, 0.15) is 45.6 Å². The number of anilines is 1. The van der Waals surface area contributed by atoms with Crippen LogP contribution in [0.4, 0.5) is 10.3 Å². The lowest BCUT2D eigenvalue weighted by Gasteiger charge is -2.38. The molecule has 0 unspecified atom stereocenters. The van der Waals surface area contributed by atoms with E-state index in [-0.39, 0.29) is 54.6 Å². The van der Waals surface area contributed by atoms with Crippen molar-refractivity contribution in [3.8, 4) is 17.1 Å².